The zero-order chi connectivity index (χ0) is 75.3. The van der Waals surface area contributed by atoms with Gasteiger partial charge in [-0.05, 0) is 51.4 Å². The number of unbranched alkanes of at least 4 members (excludes halogenated alkanes) is 65. The lowest BCUT2D eigenvalue weighted by molar-refractivity contribution is -0.870. The molecular formula is C95H180NO8+. The lowest BCUT2D eigenvalue weighted by Crippen LogP contribution is -2.40. The maximum atomic E-state index is 13.0. The van der Waals surface area contributed by atoms with Crippen molar-refractivity contribution in [1.82, 2.24) is 0 Å². The summed E-state index contributed by atoms with van der Waals surface area (Å²) in [6, 6.07) is 0. The molecule has 9 nitrogen and oxygen atoms in total. The Morgan fingerprint density at radius 1 is 0.298 bits per heavy atom. The molecular weight excluding hydrogens is 1280 g/mol. The molecule has 0 rings (SSSR count). The number of carbonyl (C=O) groups is 3. The van der Waals surface area contributed by atoms with E-state index in [9.17, 15) is 19.5 Å². The number of likely N-dealkylation sites (N-methyl/N-ethyl adjacent to an activating group) is 1. The van der Waals surface area contributed by atoms with Gasteiger partial charge in [0.25, 0.3) is 6.29 Å². The molecule has 0 aliphatic rings. The summed E-state index contributed by atoms with van der Waals surface area (Å²) in [6.45, 7) is 4.86. The van der Waals surface area contributed by atoms with Gasteiger partial charge in [0.1, 0.15) is 13.2 Å². The van der Waals surface area contributed by atoms with E-state index in [2.05, 4.69) is 62.5 Å². The van der Waals surface area contributed by atoms with Crippen LogP contribution >= 0.6 is 0 Å². The molecule has 0 aliphatic carbocycles. The van der Waals surface area contributed by atoms with Gasteiger partial charge in [-0.2, -0.15) is 0 Å². The summed E-state index contributed by atoms with van der Waals surface area (Å²) in [5.74, 6) is -1.96. The smallest absolute Gasteiger partial charge is 0.361 e. The molecule has 0 radical (unpaired) electrons. The Hall–Kier alpha value is -2.75. The number of esters is 2. The van der Waals surface area contributed by atoms with Gasteiger partial charge >= 0.3 is 17.9 Å². The predicted octanol–water partition coefficient (Wildman–Crippen LogP) is 30.3. The van der Waals surface area contributed by atoms with Crippen LogP contribution in [0.1, 0.15) is 483 Å². The highest BCUT2D eigenvalue weighted by Crippen LogP contribution is 2.22. The zero-order valence-electron chi connectivity index (χ0n) is 70.5. The average molecular weight is 1460 g/mol. The first-order valence-electron chi connectivity index (χ1n) is 46.3. The molecule has 0 saturated heterocycles. The third kappa shape index (κ3) is 86.5. The Morgan fingerprint density at radius 3 is 0.817 bits per heavy atom. The predicted molar refractivity (Wildman–Crippen MR) is 452 cm³/mol. The van der Waals surface area contributed by atoms with Crippen LogP contribution in [0.15, 0.2) is 48.6 Å². The number of carboxylic acid groups (broad SMARTS) is 1. The number of carboxylic acids is 1. The highest BCUT2D eigenvalue weighted by Gasteiger charge is 2.25. The minimum atomic E-state index is -1.51. The second kappa shape index (κ2) is 85.9. The fraction of sp³-hybridized carbons (Fsp3) is 0.884. The van der Waals surface area contributed by atoms with Gasteiger partial charge in [-0.1, -0.05) is 467 Å². The Labute approximate surface area is 648 Å². The molecule has 104 heavy (non-hydrogen) atoms. The standard InChI is InChI=1S/C95H179NO8/c1-6-8-10-12-14-16-18-20-22-24-26-28-30-32-34-36-38-40-42-44-46-47-48-50-52-54-56-58-60-62-64-66-68-70-72-74-76-78-80-82-84-86-93(98)104-91(90-103-95(94(99)100)101-88-87-96(3,4)5)89-102-92(97)85-83-81-79-77-75-73-71-69-67-65-63-61-59-57-55-53-51-49-45-43-41-39-37-35-33-31-29-27-25-23-21-19-17-15-13-11-9-7-2/h8,10,14,16,20,22,26,28,91,95H,6-7,9,11-13,15,17-19,21,23-25,27,29-90H2,1-5H3/p+1/b10-8-,16-14-,22-20-,28-26-. The van der Waals surface area contributed by atoms with Gasteiger partial charge in [0, 0.05) is 12.8 Å². The fourth-order valence-corrected chi connectivity index (χ4v) is 14.4. The second-order valence-corrected chi connectivity index (χ2v) is 33.0. The normalized spacial score (nSPS) is 12.7. The number of ether oxygens (including phenoxy) is 4. The van der Waals surface area contributed by atoms with E-state index >= 15 is 0 Å². The van der Waals surface area contributed by atoms with Crippen LogP contribution in [-0.2, 0) is 33.3 Å². The zero-order valence-corrected chi connectivity index (χ0v) is 70.5. The molecule has 2 atom stereocenters. The number of rotatable bonds is 88. The van der Waals surface area contributed by atoms with Gasteiger partial charge in [-0.25, -0.2) is 4.79 Å². The summed E-state index contributed by atoms with van der Waals surface area (Å²) >= 11 is 0. The van der Waals surface area contributed by atoms with Crippen molar-refractivity contribution in [2.45, 2.75) is 495 Å². The monoisotopic (exact) mass is 1460 g/mol. The van der Waals surface area contributed by atoms with Crippen LogP contribution in [0, 0.1) is 0 Å². The quantitative estimate of drug-likeness (QED) is 0.0211. The summed E-state index contributed by atoms with van der Waals surface area (Å²) in [4.78, 5) is 37.8. The highest BCUT2D eigenvalue weighted by atomic mass is 16.7. The molecule has 0 aliphatic heterocycles. The van der Waals surface area contributed by atoms with Crippen LogP contribution < -0.4 is 0 Å². The molecule has 9 heteroatoms. The third-order valence-electron chi connectivity index (χ3n) is 21.3. The van der Waals surface area contributed by atoms with Crippen molar-refractivity contribution in [3.8, 4) is 0 Å². The molecule has 0 aromatic heterocycles. The molecule has 0 bridgehead atoms. The minimum Gasteiger partial charge on any atom is -0.477 e. The first-order chi connectivity index (χ1) is 51.1. The van der Waals surface area contributed by atoms with E-state index in [1.807, 2.05) is 21.1 Å². The number of carbonyl (C=O) groups excluding carboxylic acids is 2. The van der Waals surface area contributed by atoms with E-state index in [-0.39, 0.29) is 38.2 Å². The second-order valence-electron chi connectivity index (χ2n) is 33.0. The molecule has 1 N–H and O–H groups in total. The van der Waals surface area contributed by atoms with Crippen LogP contribution in [0.5, 0.6) is 0 Å². The average Bonchev–Trinajstić information content (AvgIpc) is 0.971. The Bertz CT molecular complexity index is 1850. The van der Waals surface area contributed by atoms with Crippen molar-refractivity contribution >= 4 is 17.9 Å². The van der Waals surface area contributed by atoms with Crippen molar-refractivity contribution in [2.75, 3.05) is 47.5 Å². The van der Waals surface area contributed by atoms with E-state index in [1.54, 1.807) is 0 Å². The minimum absolute atomic E-state index is 0.174. The highest BCUT2D eigenvalue weighted by molar-refractivity contribution is 5.71. The SMILES string of the molecule is CC/C=C\C/C=C\C/C=C\C/C=C\CCCCCCCCCCCCCCCCCCCCCCCCCCCCCCC(=O)OC(COC(=O)CCCCCCCCCCCCCCCCCCCCCCCCCCCCCCCCCCCCCCCC)COC(OCC[N+](C)(C)C)C(=O)O. The van der Waals surface area contributed by atoms with Crippen LogP contribution in [0.3, 0.4) is 0 Å². The van der Waals surface area contributed by atoms with Crippen molar-refractivity contribution < 1.29 is 42.9 Å². The Balaban J connectivity index is 3.87. The van der Waals surface area contributed by atoms with Gasteiger partial charge in [-0.3, -0.25) is 9.59 Å². The van der Waals surface area contributed by atoms with Gasteiger partial charge < -0.3 is 28.5 Å². The van der Waals surface area contributed by atoms with Gasteiger partial charge in [-0.15, -0.1) is 0 Å². The van der Waals surface area contributed by atoms with Crippen LogP contribution in [0.25, 0.3) is 0 Å². The van der Waals surface area contributed by atoms with Crippen molar-refractivity contribution in [3.63, 3.8) is 0 Å². The van der Waals surface area contributed by atoms with E-state index in [0.717, 1.165) is 64.2 Å². The summed E-state index contributed by atoms with van der Waals surface area (Å²) in [6.07, 6.45) is 112. The molecule has 0 heterocycles. The van der Waals surface area contributed by atoms with Crippen molar-refractivity contribution in [1.29, 1.82) is 0 Å². The number of hydrogen-bond acceptors (Lipinski definition) is 7. The van der Waals surface area contributed by atoms with E-state index in [1.165, 1.54) is 392 Å². The molecule has 0 aromatic rings. The lowest BCUT2D eigenvalue weighted by Gasteiger charge is -2.25. The summed E-state index contributed by atoms with van der Waals surface area (Å²) in [7, 11) is 6.01. The molecule has 612 valence electrons. The van der Waals surface area contributed by atoms with E-state index < -0.39 is 18.4 Å². The first kappa shape index (κ1) is 101. The largest absolute Gasteiger partial charge is 0.477 e. The maximum absolute atomic E-state index is 13.0. The number of nitrogens with zero attached hydrogens (tertiary/aromatic N) is 1. The molecule has 0 spiro atoms. The van der Waals surface area contributed by atoms with Gasteiger partial charge in [0.05, 0.1) is 34.4 Å². The molecule has 0 fully saturated rings. The molecule has 0 aromatic carbocycles. The summed E-state index contributed by atoms with van der Waals surface area (Å²) in [5.41, 5.74) is 0. The first-order valence-corrected chi connectivity index (χ1v) is 46.3. The number of allylic oxidation sites excluding steroid dienone is 8. The van der Waals surface area contributed by atoms with E-state index in [0.29, 0.717) is 17.4 Å². The van der Waals surface area contributed by atoms with Crippen LogP contribution in [-0.4, -0.2) is 87.4 Å². The van der Waals surface area contributed by atoms with Gasteiger partial charge in [0.15, 0.2) is 6.10 Å². The van der Waals surface area contributed by atoms with Crippen LogP contribution in [0.2, 0.25) is 0 Å². The molecule has 0 amide bonds. The Morgan fingerprint density at radius 2 is 0.548 bits per heavy atom. The van der Waals surface area contributed by atoms with Crippen molar-refractivity contribution in [2.24, 2.45) is 0 Å². The van der Waals surface area contributed by atoms with Crippen molar-refractivity contribution in [3.05, 3.63) is 48.6 Å². The Kier molecular flexibility index (Phi) is 83.6. The maximum Gasteiger partial charge on any atom is 0.361 e. The fourth-order valence-electron chi connectivity index (χ4n) is 14.4. The molecule has 0 saturated carbocycles. The number of hydrogen-bond donors (Lipinski definition) is 1. The van der Waals surface area contributed by atoms with Gasteiger partial charge in [0.2, 0.25) is 0 Å². The topological polar surface area (TPSA) is 108 Å². The lowest BCUT2D eigenvalue weighted by atomic mass is 10.0. The van der Waals surface area contributed by atoms with Crippen LogP contribution in [0.4, 0.5) is 0 Å². The molecule has 2 unspecified atom stereocenters. The summed E-state index contributed by atoms with van der Waals surface area (Å²) in [5, 5.41) is 9.80. The third-order valence-corrected chi connectivity index (χ3v) is 21.3. The van der Waals surface area contributed by atoms with E-state index in [4.69, 9.17) is 18.9 Å². The summed E-state index contributed by atoms with van der Waals surface area (Å²) < 4.78 is 23.1. The number of quaternary nitrogens is 1. The number of aliphatic carboxylic acids is 1.